The fraction of sp³-hybridized carbons (Fsp3) is 0.467. The van der Waals surface area contributed by atoms with Crippen molar-refractivity contribution in [1.29, 1.82) is 0 Å². The predicted octanol–water partition coefficient (Wildman–Crippen LogP) is 3.60. The Morgan fingerprint density at radius 1 is 1.11 bits per heavy atom. The molecule has 0 fully saturated rings. The van der Waals surface area contributed by atoms with E-state index >= 15 is 0 Å². The number of rotatable bonds is 5. The monoisotopic (exact) mass is 241 g/mol. The lowest BCUT2D eigenvalue weighted by molar-refractivity contribution is 0.640. The van der Waals surface area contributed by atoms with Gasteiger partial charge in [0, 0.05) is 12.5 Å². The number of unbranched alkanes of at least 4 members (excludes halogenated alkanes) is 5. The van der Waals surface area contributed by atoms with Gasteiger partial charge in [-0.2, -0.15) is 4.68 Å². The van der Waals surface area contributed by atoms with Gasteiger partial charge >= 0.3 is 0 Å². The first-order chi connectivity index (χ1) is 8.92. The van der Waals surface area contributed by atoms with Gasteiger partial charge in [0.15, 0.2) is 0 Å². The Bertz CT molecular complexity index is 545. The maximum absolute atomic E-state index is 4.07. The highest BCUT2D eigenvalue weighted by Crippen LogP contribution is 2.08. The first-order valence-corrected chi connectivity index (χ1v) is 6.71. The van der Waals surface area contributed by atoms with Crippen LogP contribution in [0.3, 0.4) is 0 Å². The molecule has 1 aromatic heterocycles. The number of fused-ring (bicyclic) bond motifs is 1. The highest BCUT2D eigenvalue weighted by Gasteiger charge is 1.99. The normalized spacial score (nSPS) is 10.3. The summed E-state index contributed by atoms with van der Waals surface area (Å²) in [6.45, 7) is 2.23. The molecule has 0 radical (unpaired) electrons. The molecular formula is C15H19N3. The zero-order valence-electron chi connectivity index (χ0n) is 10.9. The van der Waals surface area contributed by atoms with Crippen molar-refractivity contribution in [3.05, 3.63) is 24.3 Å². The van der Waals surface area contributed by atoms with Crippen LogP contribution < -0.4 is 0 Å². The van der Waals surface area contributed by atoms with Crippen molar-refractivity contribution in [3.63, 3.8) is 0 Å². The summed E-state index contributed by atoms with van der Waals surface area (Å²) in [5, 5.41) is 8.10. The zero-order valence-corrected chi connectivity index (χ0v) is 10.9. The molecule has 0 aliphatic carbocycles. The molecule has 0 atom stereocenters. The lowest BCUT2D eigenvalue weighted by Crippen LogP contribution is -1.90. The molecule has 0 aliphatic rings. The van der Waals surface area contributed by atoms with E-state index in [1.54, 1.807) is 4.68 Å². The lowest BCUT2D eigenvalue weighted by Gasteiger charge is -1.94. The number of aromatic nitrogens is 3. The highest BCUT2D eigenvalue weighted by atomic mass is 15.4. The molecule has 0 aliphatic heterocycles. The first kappa shape index (κ1) is 12.6. The van der Waals surface area contributed by atoms with Crippen molar-refractivity contribution in [2.24, 2.45) is 0 Å². The van der Waals surface area contributed by atoms with E-state index in [9.17, 15) is 0 Å². The smallest absolute Gasteiger partial charge is 0.114 e. The van der Waals surface area contributed by atoms with Gasteiger partial charge < -0.3 is 0 Å². The summed E-state index contributed by atoms with van der Waals surface area (Å²) in [6.07, 6.45) is 7.35. The molecule has 0 amide bonds. The van der Waals surface area contributed by atoms with Gasteiger partial charge in [0.2, 0.25) is 0 Å². The zero-order chi connectivity index (χ0) is 12.6. The maximum Gasteiger partial charge on any atom is 0.114 e. The third-order valence-electron chi connectivity index (χ3n) is 2.94. The van der Waals surface area contributed by atoms with Crippen LogP contribution in [0.25, 0.3) is 11.0 Å². The molecule has 0 N–H and O–H groups in total. The fourth-order valence-electron chi connectivity index (χ4n) is 1.90. The number of hydrogen-bond acceptors (Lipinski definition) is 2. The molecule has 1 aromatic carbocycles. The van der Waals surface area contributed by atoms with Gasteiger partial charge in [-0.3, -0.25) is 0 Å². The quantitative estimate of drug-likeness (QED) is 0.591. The van der Waals surface area contributed by atoms with Crippen molar-refractivity contribution < 1.29 is 0 Å². The van der Waals surface area contributed by atoms with Crippen molar-refractivity contribution in [3.8, 4) is 12.0 Å². The molecular weight excluding hydrogens is 222 g/mol. The Kier molecular flexibility index (Phi) is 4.78. The second-order valence-electron chi connectivity index (χ2n) is 4.44. The van der Waals surface area contributed by atoms with Gasteiger partial charge in [-0.25, -0.2) is 0 Å². The van der Waals surface area contributed by atoms with E-state index in [-0.39, 0.29) is 0 Å². The molecule has 1 heterocycles. The molecule has 0 saturated carbocycles. The summed E-state index contributed by atoms with van der Waals surface area (Å²) in [5.74, 6) is 3.17. The van der Waals surface area contributed by atoms with Crippen molar-refractivity contribution >= 4 is 11.0 Å². The lowest BCUT2D eigenvalue weighted by atomic mass is 10.1. The average molecular weight is 241 g/mol. The Balaban J connectivity index is 1.86. The molecule has 3 nitrogen and oxygen atoms in total. The third kappa shape index (κ3) is 3.33. The Morgan fingerprint density at radius 2 is 1.94 bits per heavy atom. The van der Waals surface area contributed by atoms with E-state index in [1.807, 2.05) is 24.3 Å². The van der Waals surface area contributed by atoms with Crippen molar-refractivity contribution in [2.75, 3.05) is 0 Å². The van der Waals surface area contributed by atoms with Crippen LogP contribution in [-0.2, 0) is 0 Å². The molecule has 0 unspecified atom stereocenters. The Hall–Kier alpha value is -1.82. The second-order valence-corrected chi connectivity index (χ2v) is 4.44. The third-order valence-corrected chi connectivity index (χ3v) is 2.94. The predicted molar refractivity (Wildman–Crippen MR) is 74.1 cm³/mol. The minimum atomic E-state index is 0.898. The number of hydrogen-bond donors (Lipinski definition) is 0. The van der Waals surface area contributed by atoms with Gasteiger partial charge in [0.05, 0.1) is 0 Å². The van der Waals surface area contributed by atoms with Crippen LogP contribution in [-0.4, -0.2) is 15.0 Å². The van der Waals surface area contributed by atoms with E-state index in [0.717, 1.165) is 17.5 Å². The minimum Gasteiger partial charge on any atom is -0.169 e. The van der Waals surface area contributed by atoms with Crippen LogP contribution in [0, 0.1) is 12.0 Å². The van der Waals surface area contributed by atoms with Crippen LogP contribution in [0.5, 0.6) is 0 Å². The molecule has 0 spiro atoms. The SMILES string of the molecule is CCCCCCCC#Cn1nnc2ccccc21. The van der Waals surface area contributed by atoms with Gasteiger partial charge in [-0.1, -0.05) is 55.9 Å². The topological polar surface area (TPSA) is 30.7 Å². The van der Waals surface area contributed by atoms with Crippen LogP contribution in [0.2, 0.25) is 0 Å². The van der Waals surface area contributed by atoms with Crippen LogP contribution in [0.15, 0.2) is 24.3 Å². The largest absolute Gasteiger partial charge is 0.169 e. The van der Waals surface area contributed by atoms with Gasteiger partial charge in [0.1, 0.15) is 11.0 Å². The second kappa shape index (κ2) is 6.80. The molecule has 94 valence electrons. The highest BCUT2D eigenvalue weighted by molar-refractivity contribution is 5.74. The molecule has 0 saturated heterocycles. The van der Waals surface area contributed by atoms with E-state index in [4.69, 9.17) is 0 Å². The summed E-state index contributed by atoms with van der Waals surface area (Å²) < 4.78 is 1.67. The van der Waals surface area contributed by atoms with E-state index < -0.39 is 0 Å². The Labute approximate surface area is 108 Å². The van der Waals surface area contributed by atoms with Gasteiger partial charge in [-0.05, 0) is 18.6 Å². The number of nitrogens with zero attached hydrogens (tertiary/aromatic N) is 3. The maximum atomic E-state index is 4.07. The number of para-hydroxylation sites is 1. The standard InChI is InChI=1S/C15H19N3/c1-2-3-4-5-6-7-10-13-18-15-12-9-8-11-14(15)16-17-18/h8-9,11-12H,2-7H2,1H3. The molecule has 0 bridgehead atoms. The van der Waals surface area contributed by atoms with Crippen LogP contribution >= 0.6 is 0 Å². The van der Waals surface area contributed by atoms with Gasteiger partial charge in [0.25, 0.3) is 0 Å². The minimum absolute atomic E-state index is 0.898. The summed E-state index contributed by atoms with van der Waals surface area (Å²) >= 11 is 0. The molecule has 2 aromatic rings. The van der Waals surface area contributed by atoms with E-state index in [2.05, 4.69) is 29.2 Å². The average Bonchev–Trinajstić information content (AvgIpc) is 2.81. The van der Waals surface area contributed by atoms with E-state index in [0.29, 0.717) is 0 Å². The van der Waals surface area contributed by atoms with Crippen molar-refractivity contribution in [2.45, 2.75) is 45.4 Å². The Morgan fingerprint density at radius 3 is 2.83 bits per heavy atom. The summed E-state index contributed by atoms with van der Waals surface area (Å²) in [6, 6.07) is 10.9. The van der Waals surface area contributed by atoms with Crippen molar-refractivity contribution in [1.82, 2.24) is 15.0 Å². The summed E-state index contributed by atoms with van der Waals surface area (Å²) in [5.41, 5.74) is 1.88. The summed E-state index contributed by atoms with van der Waals surface area (Å²) in [4.78, 5) is 0. The first-order valence-electron chi connectivity index (χ1n) is 6.71. The number of benzene rings is 1. The summed E-state index contributed by atoms with van der Waals surface area (Å²) in [7, 11) is 0. The van der Waals surface area contributed by atoms with E-state index in [1.165, 1.54) is 32.1 Å². The van der Waals surface area contributed by atoms with Crippen LogP contribution in [0.4, 0.5) is 0 Å². The van der Waals surface area contributed by atoms with Gasteiger partial charge in [-0.15, -0.1) is 5.10 Å². The molecule has 18 heavy (non-hydrogen) atoms. The fourth-order valence-corrected chi connectivity index (χ4v) is 1.90. The molecule has 2 rings (SSSR count). The molecule has 3 heteroatoms. The van der Waals surface area contributed by atoms with Crippen LogP contribution in [0.1, 0.15) is 45.4 Å².